The first-order chi connectivity index (χ1) is 49.7. The van der Waals surface area contributed by atoms with Gasteiger partial charge in [-0.3, -0.25) is 37.3 Å². The van der Waals surface area contributed by atoms with Crippen molar-refractivity contribution < 1.29 is 80.2 Å². The fraction of sp³-hybridized carbons (Fsp3) is 0.687. The van der Waals surface area contributed by atoms with Crippen molar-refractivity contribution in [3.63, 3.8) is 0 Å². The molecule has 0 fully saturated rings. The lowest BCUT2D eigenvalue weighted by Crippen LogP contribution is -2.30. The van der Waals surface area contributed by atoms with Crippen LogP contribution in [0, 0.1) is 0 Å². The summed E-state index contributed by atoms with van der Waals surface area (Å²) in [6, 6.07) is 0. The summed E-state index contributed by atoms with van der Waals surface area (Å²) in [6.07, 6.45) is 83.0. The minimum atomic E-state index is -4.99. The summed E-state index contributed by atoms with van der Waals surface area (Å²) in [7, 11) is -9.98. The summed E-state index contributed by atoms with van der Waals surface area (Å²) in [5.41, 5.74) is 0. The number of carbonyl (C=O) groups is 4. The van der Waals surface area contributed by atoms with Gasteiger partial charge >= 0.3 is 39.5 Å². The van der Waals surface area contributed by atoms with Crippen molar-refractivity contribution in [2.75, 3.05) is 39.6 Å². The van der Waals surface area contributed by atoms with Gasteiger partial charge in [0.25, 0.3) is 0 Å². The minimum Gasteiger partial charge on any atom is -0.462 e. The maximum absolute atomic E-state index is 13.1. The molecule has 0 spiro atoms. The topological polar surface area (TPSA) is 237 Å². The third kappa shape index (κ3) is 73.5. The number of hydrogen-bond acceptors (Lipinski definition) is 15. The Morgan fingerprint density at radius 1 is 0.284 bits per heavy atom. The fourth-order valence-corrected chi connectivity index (χ4v) is 11.7. The summed E-state index contributed by atoms with van der Waals surface area (Å²) in [4.78, 5) is 72.9. The molecule has 0 aromatic heterocycles. The summed E-state index contributed by atoms with van der Waals surface area (Å²) in [6.45, 7) is 4.53. The first-order valence-electron chi connectivity index (χ1n) is 39.4. The van der Waals surface area contributed by atoms with Gasteiger partial charge in [0, 0.05) is 25.7 Å². The van der Waals surface area contributed by atoms with Crippen LogP contribution in [0.2, 0.25) is 0 Å². The number of rotatable bonds is 73. The number of hydrogen-bond donors (Lipinski definition) is 3. The van der Waals surface area contributed by atoms with Crippen LogP contribution in [0.15, 0.2) is 134 Å². The van der Waals surface area contributed by atoms with E-state index in [9.17, 15) is 43.2 Å². The van der Waals surface area contributed by atoms with Crippen LogP contribution in [-0.4, -0.2) is 96.7 Å². The smallest absolute Gasteiger partial charge is 0.462 e. The van der Waals surface area contributed by atoms with Crippen molar-refractivity contribution in [2.24, 2.45) is 0 Å². The molecule has 0 heterocycles. The van der Waals surface area contributed by atoms with E-state index < -0.39 is 97.5 Å². The van der Waals surface area contributed by atoms with E-state index in [0.717, 1.165) is 167 Å². The molecule has 0 aliphatic carbocycles. The van der Waals surface area contributed by atoms with Gasteiger partial charge in [0.15, 0.2) is 12.2 Å². The maximum atomic E-state index is 13.1. The highest BCUT2D eigenvalue weighted by atomic mass is 31.2. The van der Waals surface area contributed by atoms with Crippen LogP contribution in [0.3, 0.4) is 0 Å². The summed E-state index contributed by atoms with van der Waals surface area (Å²) in [5, 5.41) is 10.6. The lowest BCUT2D eigenvalue weighted by atomic mass is 10.1. The number of ether oxygens (including phenoxy) is 4. The number of unbranched alkanes of at least 4 members (excludes halogenated alkanes) is 25. The number of aliphatic hydroxyl groups is 1. The second kappa shape index (κ2) is 74.5. The molecular formula is C83H140O17P2. The van der Waals surface area contributed by atoms with Gasteiger partial charge < -0.3 is 33.8 Å². The molecule has 0 aliphatic rings. The van der Waals surface area contributed by atoms with Crippen LogP contribution in [0.5, 0.6) is 0 Å². The fourth-order valence-electron chi connectivity index (χ4n) is 10.2. The van der Waals surface area contributed by atoms with Gasteiger partial charge in [-0.15, -0.1) is 0 Å². The Labute approximate surface area is 618 Å². The molecule has 0 bridgehead atoms. The van der Waals surface area contributed by atoms with Gasteiger partial charge in [-0.1, -0.05) is 283 Å². The second-order valence-electron chi connectivity index (χ2n) is 25.9. The zero-order valence-corrected chi connectivity index (χ0v) is 65.5. The molecule has 0 aromatic rings. The van der Waals surface area contributed by atoms with Crippen molar-refractivity contribution in [1.29, 1.82) is 0 Å². The molecule has 5 unspecified atom stereocenters. The van der Waals surface area contributed by atoms with E-state index in [2.05, 4.69) is 149 Å². The lowest BCUT2D eigenvalue weighted by Gasteiger charge is -2.21. The molecule has 0 radical (unpaired) electrons. The first-order valence-corrected chi connectivity index (χ1v) is 42.4. The highest BCUT2D eigenvalue weighted by Gasteiger charge is 2.30. The van der Waals surface area contributed by atoms with E-state index in [1.807, 2.05) is 12.2 Å². The zero-order chi connectivity index (χ0) is 74.6. The Morgan fingerprint density at radius 3 is 0.843 bits per heavy atom. The Kier molecular flexibility index (Phi) is 71.0. The monoisotopic (exact) mass is 1470 g/mol. The number of phosphoric acid groups is 2. The van der Waals surface area contributed by atoms with Crippen molar-refractivity contribution in [3.05, 3.63) is 134 Å². The lowest BCUT2D eigenvalue weighted by molar-refractivity contribution is -0.161. The third-order valence-corrected chi connectivity index (χ3v) is 18.0. The zero-order valence-electron chi connectivity index (χ0n) is 63.7. The molecule has 17 nitrogen and oxygen atoms in total. The van der Waals surface area contributed by atoms with Crippen LogP contribution in [0.1, 0.15) is 310 Å². The van der Waals surface area contributed by atoms with E-state index in [1.54, 1.807) is 0 Å². The number of phosphoric ester groups is 2. The van der Waals surface area contributed by atoms with Gasteiger partial charge in [-0.25, -0.2) is 9.13 Å². The average Bonchev–Trinajstić information content (AvgIpc) is 0.926. The molecule has 19 heteroatoms. The number of allylic oxidation sites excluding steroid dienone is 22. The number of carbonyl (C=O) groups excluding carboxylic acids is 4. The minimum absolute atomic E-state index is 0.0719. The van der Waals surface area contributed by atoms with Crippen molar-refractivity contribution in [3.8, 4) is 0 Å². The van der Waals surface area contributed by atoms with E-state index in [-0.39, 0.29) is 25.7 Å². The van der Waals surface area contributed by atoms with Crippen LogP contribution in [0.25, 0.3) is 0 Å². The molecule has 0 saturated carbocycles. The van der Waals surface area contributed by atoms with Gasteiger partial charge in [0.05, 0.1) is 26.4 Å². The number of aliphatic hydroxyl groups excluding tert-OH is 1. The molecular weight excluding hydrogens is 1330 g/mol. The molecule has 584 valence electrons. The van der Waals surface area contributed by atoms with E-state index in [4.69, 9.17) is 37.0 Å². The Hall–Kier alpha value is -4.80. The number of esters is 4. The predicted molar refractivity (Wildman–Crippen MR) is 418 cm³/mol. The van der Waals surface area contributed by atoms with Crippen LogP contribution < -0.4 is 0 Å². The molecule has 0 saturated heterocycles. The van der Waals surface area contributed by atoms with Crippen molar-refractivity contribution in [1.82, 2.24) is 0 Å². The second-order valence-corrected chi connectivity index (χ2v) is 28.8. The van der Waals surface area contributed by atoms with Crippen molar-refractivity contribution in [2.45, 2.75) is 329 Å². The van der Waals surface area contributed by atoms with Crippen LogP contribution in [-0.2, 0) is 65.4 Å². The van der Waals surface area contributed by atoms with Crippen molar-refractivity contribution >= 4 is 39.5 Å². The van der Waals surface area contributed by atoms with E-state index in [1.165, 1.54) is 57.8 Å². The standard InChI is InChI=1S/C83H140O17P2/c1-5-9-13-17-21-25-29-32-35-37-38-40-43-45-49-52-56-60-64-68-81(86)94-74-79(100-83(88)70-66-62-58-54-50-46-41-34-31-27-23-19-15-11-7-3)76-98-102(91,92)96-72-77(84)71-95-101(89,90)97-75-78(99-82(87)69-65-61-57-53-47-28-24-20-16-12-8-4)73-93-80(85)67-63-59-55-51-48-44-42-39-36-33-30-26-22-18-14-10-6-2/h9-10,13-14,21-23,25-27,32-36,38,40-42,44,51,55,77-79,84H,5-8,11-12,15-20,24,28-31,37,39,43,45-50,52-54,56-76H2,1-4H3,(H,89,90)(H,91,92)/b13-9-,14-10-,25-21-,26-22-,27-23-,35-32-,36-33-,40-38-,41-34-,44-42-,55-51-. The Morgan fingerprint density at radius 2 is 0.520 bits per heavy atom. The molecule has 0 aliphatic heterocycles. The molecule has 0 aromatic carbocycles. The average molecular weight is 1470 g/mol. The summed E-state index contributed by atoms with van der Waals surface area (Å²) < 4.78 is 68.5. The van der Waals surface area contributed by atoms with Crippen LogP contribution >= 0.6 is 15.6 Å². The third-order valence-electron chi connectivity index (χ3n) is 16.1. The normalized spacial score (nSPS) is 14.6. The Bertz CT molecular complexity index is 2460. The van der Waals surface area contributed by atoms with Gasteiger partial charge in [0.2, 0.25) is 0 Å². The van der Waals surface area contributed by atoms with Gasteiger partial charge in [-0.2, -0.15) is 0 Å². The highest BCUT2D eigenvalue weighted by Crippen LogP contribution is 2.45. The maximum Gasteiger partial charge on any atom is 0.472 e. The molecule has 3 N–H and O–H groups in total. The molecule has 0 rings (SSSR count). The Balaban J connectivity index is 5.39. The molecule has 0 amide bonds. The molecule has 102 heavy (non-hydrogen) atoms. The van der Waals surface area contributed by atoms with Gasteiger partial charge in [-0.05, 0) is 135 Å². The SMILES string of the molecule is CC/C=C\C/C=C\C/C=C\C/C=C\C/C=C\CCCC(=O)OCC(COP(=O)(O)OCC(O)COP(=O)(O)OCC(COC(=O)CCCCCCCC/C=C\C/C=C\C/C=C\C/C=C\CC)OC(=O)CCCCCCC/C=C\C/C=C\CCCCC)OC(=O)CCCCCCCCCCCCC. The van der Waals surface area contributed by atoms with Gasteiger partial charge in [0.1, 0.15) is 19.3 Å². The highest BCUT2D eigenvalue weighted by molar-refractivity contribution is 7.47. The largest absolute Gasteiger partial charge is 0.472 e. The first kappa shape index (κ1) is 97.2. The van der Waals surface area contributed by atoms with E-state index >= 15 is 0 Å². The molecule has 5 atom stereocenters. The summed E-state index contributed by atoms with van der Waals surface area (Å²) >= 11 is 0. The van der Waals surface area contributed by atoms with Crippen LogP contribution in [0.4, 0.5) is 0 Å². The van der Waals surface area contributed by atoms with E-state index in [0.29, 0.717) is 32.1 Å². The predicted octanol–water partition coefficient (Wildman–Crippen LogP) is 22.9. The summed E-state index contributed by atoms with van der Waals surface area (Å²) in [5.74, 6) is -2.27. The quantitative estimate of drug-likeness (QED) is 0.0169.